The van der Waals surface area contributed by atoms with E-state index in [0.717, 1.165) is 28.2 Å². The van der Waals surface area contributed by atoms with E-state index in [1.54, 1.807) is 0 Å². The molecule has 1 unspecified atom stereocenters. The minimum atomic E-state index is 0.301. The highest BCUT2D eigenvalue weighted by Gasteiger charge is 2.32. The zero-order valence-corrected chi connectivity index (χ0v) is 10.7. The summed E-state index contributed by atoms with van der Waals surface area (Å²) in [6.07, 6.45) is 2.57. The van der Waals surface area contributed by atoms with Crippen molar-refractivity contribution >= 4 is 22.4 Å². The lowest BCUT2D eigenvalue weighted by molar-refractivity contribution is 0.312. The van der Waals surface area contributed by atoms with Gasteiger partial charge in [0.05, 0.1) is 6.04 Å². The number of hydrogen-bond donors (Lipinski definition) is 1. The molecule has 0 amide bonds. The molecule has 0 saturated heterocycles. The van der Waals surface area contributed by atoms with Crippen LogP contribution in [0, 0.1) is 0 Å². The molecule has 92 valence electrons. The fourth-order valence-electron chi connectivity index (χ4n) is 2.67. The van der Waals surface area contributed by atoms with Gasteiger partial charge in [-0.2, -0.15) is 0 Å². The summed E-state index contributed by atoms with van der Waals surface area (Å²) in [4.78, 5) is 0. The molecule has 2 aromatic rings. The molecule has 1 N–H and O–H groups in total. The summed E-state index contributed by atoms with van der Waals surface area (Å²) in [5.74, 6) is 1.01. The molecule has 0 radical (unpaired) electrons. The van der Waals surface area contributed by atoms with Gasteiger partial charge in [-0.1, -0.05) is 35.9 Å². The highest BCUT2D eigenvalue weighted by atomic mass is 35.5. The van der Waals surface area contributed by atoms with Crippen molar-refractivity contribution in [3.8, 4) is 5.75 Å². The predicted molar refractivity (Wildman–Crippen MR) is 73.4 cm³/mol. The summed E-state index contributed by atoms with van der Waals surface area (Å²) in [5, 5.41) is 6.63. The normalized spacial score (nSPS) is 21.9. The zero-order chi connectivity index (χ0) is 12.1. The molecule has 1 aliphatic carbocycles. The lowest BCUT2D eigenvalue weighted by Gasteiger charge is -2.11. The highest BCUT2D eigenvalue weighted by molar-refractivity contribution is 6.36. The van der Waals surface area contributed by atoms with Crippen LogP contribution in [0.5, 0.6) is 5.75 Å². The number of hydrogen-bond acceptors (Lipinski definition) is 2. The number of ether oxygens (including phenoxy) is 1. The van der Waals surface area contributed by atoms with E-state index < -0.39 is 0 Å². The Kier molecular flexibility index (Phi) is 2.29. The van der Waals surface area contributed by atoms with Crippen LogP contribution in [-0.2, 0) is 0 Å². The molecular formula is C15H14ClNO. The molecule has 1 fully saturated rings. The van der Waals surface area contributed by atoms with Crippen molar-refractivity contribution < 1.29 is 4.74 Å². The summed E-state index contributed by atoms with van der Waals surface area (Å²) < 4.78 is 5.89. The molecule has 1 heterocycles. The maximum atomic E-state index is 6.37. The number of rotatable bonds is 2. The summed E-state index contributed by atoms with van der Waals surface area (Å²) >= 11 is 6.37. The van der Waals surface area contributed by atoms with Gasteiger partial charge in [0.1, 0.15) is 12.4 Å². The Morgan fingerprint density at radius 3 is 2.72 bits per heavy atom. The van der Waals surface area contributed by atoms with Gasteiger partial charge in [0.2, 0.25) is 0 Å². The summed E-state index contributed by atoms with van der Waals surface area (Å²) in [5.41, 5.74) is 1.21. The second-order valence-corrected chi connectivity index (χ2v) is 5.53. The second kappa shape index (κ2) is 3.87. The average molecular weight is 260 g/mol. The van der Waals surface area contributed by atoms with Crippen molar-refractivity contribution in [1.29, 1.82) is 0 Å². The molecular weight excluding hydrogens is 246 g/mol. The fraction of sp³-hybridized carbons (Fsp3) is 0.333. The maximum Gasteiger partial charge on any atom is 0.132 e. The van der Waals surface area contributed by atoms with Crippen LogP contribution in [0.15, 0.2) is 30.3 Å². The van der Waals surface area contributed by atoms with Crippen LogP contribution in [0.4, 0.5) is 0 Å². The van der Waals surface area contributed by atoms with Gasteiger partial charge in [0.15, 0.2) is 0 Å². The van der Waals surface area contributed by atoms with Crippen molar-refractivity contribution in [3.05, 3.63) is 40.9 Å². The van der Waals surface area contributed by atoms with Gasteiger partial charge >= 0.3 is 0 Å². The Morgan fingerprint density at radius 1 is 1.17 bits per heavy atom. The lowest BCUT2D eigenvalue weighted by atomic mass is 10.0. The molecule has 0 spiro atoms. The van der Waals surface area contributed by atoms with E-state index >= 15 is 0 Å². The van der Waals surface area contributed by atoms with Crippen molar-refractivity contribution in [2.75, 3.05) is 6.61 Å². The monoisotopic (exact) mass is 259 g/mol. The number of fused-ring (bicyclic) bond motifs is 3. The van der Waals surface area contributed by atoms with Gasteiger partial charge in [-0.3, -0.25) is 0 Å². The molecule has 3 heteroatoms. The first-order valence-corrected chi connectivity index (χ1v) is 6.81. The molecule has 18 heavy (non-hydrogen) atoms. The van der Waals surface area contributed by atoms with E-state index in [0.29, 0.717) is 12.1 Å². The van der Waals surface area contributed by atoms with E-state index in [1.165, 1.54) is 18.4 Å². The first-order chi connectivity index (χ1) is 8.83. The van der Waals surface area contributed by atoms with Crippen LogP contribution in [0.25, 0.3) is 10.8 Å². The summed E-state index contributed by atoms with van der Waals surface area (Å²) in [6.45, 7) is 0.718. The number of nitrogens with one attached hydrogen (secondary N) is 1. The van der Waals surface area contributed by atoms with Gasteiger partial charge in [-0.15, -0.1) is 0 Å². The molecule has 0 bridgehead atoms. The minimum absolute atomic E-state index is 0.301. The largest absolute Gasteiger partial charge is 0.491 e. The first kappa shape index (κ1) is 10.7. The van der Waals surface area contributed by atoms with Crippen molar-refractivity contribution in [2.45, 2.75) is 24.9 Å². The van der Waals surface area contributed by atoms with Gasteiger partial charge in [-0.25, -0.2) is 0 Å². The first-order valence-electron chi connectivity index (χ1n) is 6.43. The van der Waals surface area contributed by atoms with Crippen molar-refractivity contribution in [1.82, 2.24) is 5.32 Å². The predicted octanol–water partition coefficient (Wildman–Crippen LogP) is 3.68. The Labute approximate surface area is 111 Å². The van der Waals surface area contributed by atoms with E-state index in [4.69, 9.17) is 16.3 Å². The van der Waals surface area contributed by atoms with E-state index in [-0.39, 0.29) is 0 Å². The summed E-state index contributed by atoms with van der Waals surface area (Å²) in [7, 11) is 0. The molecule has 1 saturated carbocycles. The van der Waals surface area contributed by atoms with Crippen LogP contribution < -0.4 is 10.1 Å². The Balaban J connectivity index is 1.86. The van der Waals surface area contributed by atoms with E-state index in [9.17, 15) is 0 Å². The molecule has 2 aliphatic rings. The smallest absolute Gasteiger partial charge is 0.132 e. The lowest BCUT2D eigenvalue weighted by Crippen LogP contribution is -2.24. The van der Waals surface area contributed by atoms with Crippen LogP contribution in [0.1, 0.15) is 24.4 Å². The number of halogens is 1. The highest BCUT2D eigenvalue weighted by Crippen LogP contribution is 2.42. The van der Waals surface area contributed by atoms with Crippen LogP contribution in [0.3, 0.4) is 0 Å². The standard InChI is InChI=1S/C15H14ClNO/c16-13-7-12-14(17-9-5-6-9)8-18-15(12)11-4-2-1-3-10(11)13/h1-4,7,9,14,17H,5-6,8H2. The molecule has 1 aliphatic heterocycles. The topological polar surface area (TPSA) is 21.3 Å². The minimum Gasteiger partial charge on any atom is -0.491 e. The number of benzene rings is 2. The van der Waals surface area contributed by atoms with Crippen LogP contribution in [0.2, 0.25) is 5.02 Å². The Hall–Kier alpha value is -1.25. The third-order valence-corrected chi connectivity index (χ3v) is 4.07. The van der Waals surface area contributed by atoms with Crippen molar-refractivity contribution in [2.24, 2.45) is 0 Å². The summed E-state index contributed by atoms with van der Waals surface area (Å²) in [6, 6.07) is 11.2. The molecule has 1 atom stereocenters. The average Bonchev–Trinajstić information content (AvgIpc) is 3.12. The van der Waals surface area contributed by atoms with E-state index in [1.807, 2.05) is 18.2 Å². The van der Waals surface area contributed by atoms with Gasteiger partial charge in [0.25, 0.3) is 0 Å². The SMILES string of the molecule is Clc1cc2c(c3ccccc13)OCC2NC1CC1. The van der Waals surface area contributed by atoms with Crippen LogP contribution >= 0.6 is 11.6 Å². The molecule has 2 aromatic carbocycles. The second-order valence-electron chi connectivity index (χ2n) is 5.13. The quantitative estimate of drug-likeness (QED) is 0.888. The van der Waals surface area contributed by atoms with Gasteiger partial charge in [0, 0.05) is 27.4 Å². The van der Waals surface area contributed by atoms with Gasteiger partial charge in [-0.05, 0) is 18.9 Å². The maximum absolute atomic E-state index is 6.37. The van der Waals surface area contributed by atoms with Gasteiger partial charge < -0.3 is 10.1 Å². The molecule has 2 nitrogen and oxygen atoms in total. The third-order valence-electron chi connectivity index (χ3n) is 3.76. The third kappa shape index (κ3) is 1.60. The molecule has 0 aromatic heterocycles. The van der Waals surface area contributed by atoms with Crippen molar-refractivity contribution in [3.63, 3.8) is 0 Å². The van der Waals surface area contributed by atoms with E-state index in [2.05, 4.69) is 17.4 Å². The van der Waals surface area contributed by atoms with Crippen LogP contribution in [-0.4, -0.2) is 12.6 Å². The zero-order valence-electron chi connectivity index (χ0n) is 9.95. The Morgan fingerprint density at radius 2 is 1.94 bits per heavy atom. The fourth-order valence-corrected chi connectivity index (χ4v) is 2.96. The molecule has 4 rings (SSSR count). The Bertz CT molecular complexity index is 621.